The Labute approximate surface area is 89.9 Å². The van der Waals surface area contributed by atoms with Crippen LogP contribution in [0.2, 0.25) is 0 Å². The fourth-order valence-electron chi connectivity index (χ4n) is 1.19. The van der Waals surface area contributed by atoms with Gasteiger partial charge in [0.05, 0.1) is 19.2 Å². The highest BCUT2D eigenvalue weighted by Gasteiger charge is 2.03. The number of rotatable bonds is 5. The van der Waals surface area contributed by atoms with Gasteiger partial charge in [-0.3, -0.25) is 5.32 Å². The summed E-state index contributed by atoms with van der Waals surface area (Å²) < 4.78 is 5.01. The zero-order chi connectivity index (χ0) is 11.1. The molecule has 4 heteroatoms. The maximum Gasteiger partial charge on any atom is 0.213 e. The van der Waals surface area contributed by atoms with Crippen LogP contribution in [0.4, 0.5) is 0 Å². The van der Waals surface area contributed by atoms with Crippen LogP contribution in [0.1, 0.15) is 18.9 Å². The monoisotopic (exact) mass is 205 g/mol. The average Bonchev–Trinajstić information content (AvgIpc) is 2.31. The van der Waals surface area contributed by atoms with Crippen LogP contribution in [0, 0.1) is 11.3 Å². The van der Waals surface area contributed by atoms with E-state index in [1.807, 2.05) is 19.1 Å². The molecule has 15 heavy (non-hydrogen) atoms. The largest absolute Gasteiger partial charge is 0.481 e. The van der Waals surface area contributed by atoms with Gasteiger partial charge in [-0.2, -0.15) is 5.26 Å². The van der Waals surface area contributed by atoms with Gasteiger partial charge in [-0.05, 0) is 18.1 Å². The minimum atomic E-state index is -0.0934. The molecule has 0 amide bonds. The lowest BCUT2D eigenvalue weighted by atomic mass is 10.2. The Morgan fingerprint density at radius 2 is 2.47 bits per heavy atom. The first-order valence-corrected chi connectivity index (χ1v) is 4.92. The van der Waals surface area contributed by atoms with Crippen molar-refractivity contribution < 1.29 is 4.74 Å². The van der Waals surface area contributed by atoms with E-state index in [1.54, 1.807) is 13.3 Å². The number of nitrogens with one attached hydrogen (secondary N) is 1. The van der Waals surface area contributed by atoms with Gasteiger partial charge in [-0.15, -0.1) is 0 Å². The predicted octanol–water partition coefficient (Wildman–Crippen LogP) is 1.48. The van der Waals surface area contributed by atoms with Gasteiger partial charge in [0.15, 0.2) is 0 Å². The SMILES string of the molecule is CCC(C#N)NCc1ccnc(OC)c1. The number of nitriles is 1. The molecule has 1 atom stereocenters. The predicted molar refractivity (Wildman–Crippen MR) is 57.3 cm³/mol. The standard InChI is InChI=1S/C11H15N3O/c1-3-10(7-12)14-8-9-4-5-13-11(6-9)15-2/h4-6,10,14H,3,8H2,1-2H3. The third-order valence-corrected chi connectivity index (χ3v) is 2.13. The Balaban J connectivity index is 2.54. The Bertz CT molecular complexity index is 346. The molecule has 0 bridgehead atoms. The Kier molecular flexibility index (Phi) is 4.58. The van der Waals surface area contributed by atoms with Crippen LogP contribution in [0.25, 0.3) is 0 Å². The molecular weight excluding hydrogens is 190 g/mol. The van der Waals surface area contributed by atoms with Crippen molar-refractivity contribution in [2.75, 3.05) is 7.11 Å². The summed E-state index contributed by atoms with van der Waals surface area (Å²) in [5.41, 5.74) is 1.07. The molecule has 1 heterocycles. The van der Waals surface area contributed by atoms with Gasteiger partial charge in [0, 0.05) is 18.8 Å². The molecule has 80 valence electrons. The highest BCUT2D eigenvalue weighted by Crippen LogP contribution is 2.08. The third-order valence-electron chi connectivity index (χ3n) is 2.13. The average molecular weight is 205 g/mol. The summed E-state index contributed by atoms with van der Waals surface area (Å²) >= 11 is 0. The van der Waals surface area contributed by atoms with Crippen molar-refractivity contribution in [3.8, 4) is 11.9 Å². The third kappa shape index (κ3) is 3.56. The molecule has 0 aliphatic heterocycles. The molecule has 1 N–H and O–H groups in total. The van der Waals surface area contributed by atoms with E-state index in [0.29, 0.717) is 12.4 Å². The minimum absolute atomic E-state index is 0.0934. The van der Waals surface area contributed by atoms with E-state index in [4.69, 9.17) is 10.00 Å². The second-order valence-corrected chi connectivity index (χ2v) is 3.18. The van der Waals surface area contributed by atoms with Crippen molar-refractivity contribution in [2.45, 2.75) is 25.9 Å². The first kappa shape index (κ1) is 11.5. The van der Waals surface area contributed by atoms with Gasteiger partial charge in [0.25, 0.3) is 0 Å². The van der Waals surface area contributed by atoms with Gasteiger partial charge < -0.3 is 4.74 Å². The van der Waals surface area contributed by atoms with Gasteiger partial charge in [-0.25, -0.2) is 4.98 Å². The minimum Gasteiger partial charge on any atom is -0.481 e. The van der Waals surface area contributed by atoms with Gasteiger partial charge in [-0.1, -0.05) is 6.92 Å². The number of ether oxygens (including phenoxy) is 1. The molecule has 1 aromatic rings. The molecule has 1 aromatic heterocycles. The molecule has 0 aliphatic carbocycles. The normalized spacial score (nSPS) is 11.8. The molecule has 4 nitrogen and oxygen atoms in total. The highest BCUT2D eigenvalue weighted by molar-refractivity contribution is 5.20. The van der Waals surface area contributed by atoms with Crippen LogP contribution in [0.3, 0.4) is 0 Å². The second kappa shape index (κ2) is 5.99. The second-order valence-electron chi connectivity index (χ2n) is 3.18. The number of hydrogen-bond acceptors (Lipinski definition) is 4. The summed E-state index contributed by atoms with van der Waals surface area (Å²) in [5.74, 6) is 0.597. The van der Waals surface area contributed by atoms with E-state index in [2.05, 4.69) is 16.4 Å². The summed E-state index contributed by atoms with van der Waals surface area (Å²) in [6.07, 6.45) is 2.50. The van der Waals surface area contributed by atoms with Crippen LogP contribution in [-0.2, 0) is 6.54 Å². The van der Waals surface area contributed by atoms with Crippen LogP contribution in [-0.4, -0.2) is 18.1 Å². The van der Waals surface area contributed by atoms with Crippen molar-refractivity contribution in [3.05, 3.63) is 23.9 Å². The fourth-order valence-corrected chi connectivity index (χ4v) is 1.19. The summed E-state index contributed by atoms with van der Waals surface area (Å²) in [5, 5.41) is 11.9. The Morgan fingerprint density at radius 3 is 3.07 bits per heavy atom. The van der Waals surface area contributed by atoms with Crippen LogP contribution >= 0.6 is 0 Å². The van der Waals surface area contributed by atoms with E-state index < -0.39 is 0 Å². The van der Waals surface area contributed by atoms with E-state index in [-0.39, 0.29) is 6.04 Å². The smallest absolute Gasteiger partial charge is 0.213 e. The molecule has 0 saturated heterocycles. The van der Waals surface area contributed by atoms with Crippen molar-refractivity contribution in [2.24, 2.45) is 0 Å². The van der Waals surface area contributed by atoms with Crippen molar-refractivity contribution in [1.29, 1.82) is 5.26 Å². The molecule has 0 spiro atoms. The summed E-state index contributed by atoms with van der Waals surface area (Å²) in [6, 6.07) is 5.86. The first-order valence-electron chi connectivity index (χ1n) is 4.92. The quantitative estimate of drug-likeness (QED) is 0.791. The number of methoxy groups -OCH3 is 1. The first-order chi connectivity index (χ1) is 7.30. The zero-order valence-corrected chi connectivity index (χ0v) is 9.03. The number of nitrogens with zero attached hydrogens (tertiary/aromatic N) is 2. The summed E-state index contributed by atoms with van der Waals surface area (Å²) in [6.45, 7) is 2.64. The molecule has 0 radical (unpaired) electrons. The lowest BCUT2D eigenvalue weighted by Gasteiger charge is -2.09. The van der Waals surface area contributed by atoms with Crippen molar-refractivity contribution >= 4 is 0 Å². The molecule has 0 saturated carbocycles. The van der Waals surface area contributed by atoms with Gasteiger partial charge in [0.1, 0.15) is 0 Å². The Hall–Kier alpha value is -1.60. The van der Waals surface area contributed by atoms with Crippen LogP contribution in [0.5, 0.6) is 5.88 Å². The van der Waals surface area contributed by atoms with E-state index in [0.717, 1.165) is 12.0 Å². The highest BCUT2D eigenvalue weighted by atomic mass is 16.5. The topological polar surface area (TPSA) is 57.9 Å². The van der Waals surface area contributed by atoms with E-state index in [1.165, 1.54) is 0 Å². The summed E-state index contributed by atoms with van der Waals surface area (Å²) in [7, 11) is 1.59. The zero-order valence-electron chi connectivity index (χ0n) is 9.03. The molecule has 0 aliphatic rings. The van der Waals surface area contributed by atoms with Gasteiger partial charge >= 0.3 is 0 Å². The fraction of sp³-hybridized carbons (Fsp3) is 0.455. The maximum absolute atomic E-state index is 8.76. The number of hydrogen-bond donors (Lipinski definition) is 1. The number of pyridine rings is 1. The number of aromatic nitrogens is 1. The molecule has 0 aromatic carbocycles. The lowest BCUT2D eigenvalue weighted by molar-refractivity contribution is 0.397. The summed E-state index contributed by atoms with van der Waals surface area (Å²) in [4.78, 5) is 4.01. The molecule has 1 unspecified atom stereocenters. The molecule has 0 fully saturated rings. The maximum atomic E-state index is 8.76. The van der Waals surface area contributed by atoms with Crippen LogP contribution in [0.15, 0.2) is 18.3 Å². The van der Waals surface area contributed by atoms with Gasteiger partial charge in [0.2, 0.25) is 5.88 Å². The molecule has 1 rings (SSSR count). The van der Waals surface area contributed by atoms with Crippen LogP contribution < -0.4 is 10.1 Å². The van der Waals surface area contributed by atoms with Crippen molar-refractivity contribution in [1.82, 2.24) is 10.3 Å². The lowest BCUT2D eigenvalue weighted by Crippen LogP contribution is -2.26. The Morgan fingerprint density at radius 1 is 1.67 bits per heavy atom. The van der Waals surface area contributed by atoms with E-state index in [9.17, 15) is 0 Å². The van der Waals surface area contributed by atoms with E-state index >= 15 is 0 Å². The van der Waals surface area contributed by atoms with Crippen molar-refractivity contribution in [3.63, 3.8) is 0 Å². The molecular formula is C11H15N3O.